The Hall–Kier alpha value is -2.18. The molecule has 0 atom stereocenters. The molecule has 124 valence electrons. The topological polar surface area (TPSA) is 59.8 Å². The predicted molar refractivity (Wildman–Crippen MR) is 96.2 cm³/mol. The van der Waals surface area contributed by atoms with Crippen LogP contribution in [-0.4, -0.2) is 27.2 Å². The highest BCUT2D eigenvalue weighted by Gasteiger charge is 2.14. The van der Waals surface area contributed by atoms with Crippen molar-refractivity contribution in [3.8, 4) is 5.82 Å². The van der Waals surface area contributed by atoms with Crippen LogP contribution in [0, 0.1) is 13.8 Å². The van der Waals surface area contributed by atoms with Gasteiger partial charge in [-0.3, -0.25) is 4.79 Å². The maximum absolute atomic E-state index is 12.1. The molecule has 3 heterocycles. The minimum absolute atomic E-state index is 0.0978. The number of rotatable bonds is 5. The quantitative estimate of drug-likeness (QED) is 0.756. The number of aromatic nitrogens is 3. The molecule has 1 N–H and O–H groups in total. The van der Waals surface area contributed by atoms with Crippen LogP contribution in [0.25, 0.3) is 5.82 Å². The van der Waals surface area contributed by atoms with E-state index in [2.05, 4.69) is 15.4 Å². The van der Waals surface area contributed by atoms with Crippen LogP contribution in [0.15, 0.2) is 36.5 Å². The first kappa shape index (κ1) is 16.7. The summed E-state index contributed by atoms with van der Waals surface area (Å²) in [4.78, 5) is 17.0. The first-order chi connectivity index (χ1) is 11.6. The van der Waals surface area contributed by atoms with Gasteiger partial charge in [0.2, 0.25) is 0 Å². The molecule has 0 unspecified atom stereocenters. The summed E-state index contributed by atoms with van der Waals surface area (Å²) in [7, 11) is 0. The molecule has 3 aromatic rings. The highest BCUT2D eigenvalue weighted by atomic mass is 35.5. The molecular formula is C17H17ClN4OS. The van der Waals surface area contributed by atoms with Crippen LogP contribution in [-0.2, 0) is 6.42 Å². The van der Waals surface area contributed by atoms with E-state index < -0.39 is 0 Å². The zero-order valence-corrected chi connectivity index (χ0v) is 15.0. The lowest BCUT2D eigenvalue weighted by atomic mass is 10.1. The molecule has 24 heavy (non-hydrogen) atoms. The molecule has 0 aliphatic heterocycles. The Bertz CT molecular complexity index is 857. The Morgan fingerprint density at radius 2 is 2.12 bits per heavy atom. The molecule has 0 bridgehead atoms. The van der Waals surface area contributed by atoms with Crippen LogP contribution in [0.4, 0.5) is 0 Å². The van der Waals surface area contributed by atoms with Crippen LogP contribution < -0.4 is 5.32 Å². The van der Waals surface area contributed by atoms with Crippen LogP contribution in [0.3, 0.4) is 0 Å². The third kappa shape index (κ3) is 3.49. The van der Waals surface area contributed by atoms with E-state index in [0.717, 1.165) is 29.2 Å². The van der Waals surface area contributed by atoms with Crippen molar-refractivity contribution < 1.29 is 4.79 Å². The number of nitrogens with one attached hydrogen (secondary N) is 1. The van der Waals surface area contributed by atoms with Gasteiger partial charge in [-0.2, -0.15) is 5.10 Å². The van der Waals surface area contributed by atoms with E-state index in [4.69, 9.17) is 11.6 Å². The van der Waals surface area contributed by atoms with Crippen molar-refractivity contribution in [2.24, 2.45) is 0 Å². The Morgan fingerprint density at radius 1 is 1.29 bits per heavy atom. The van der Waals surface area contributed by atoms with E-state index in [-0.39, 0.29) is 5.91 Å². The Kier molecular flexibility index (Phi) is 4.97. The second-order valence-electron chi connectivity index (χ2n) is 5.36. The van der Waals surface area contributed by atoms with E-state index >= 15 is 0 Å². The summed E-state index contributed by atoms with van der Waals surface area (Å²) in [6.45, 7) is 4.54. The van der Waals surface area contributed by atoms with E-state index in [1.807, 2.05) is 36.7 Å². The number of pyridine rings is 1. The van der Waals surface area contributed by atoms with E-state index in [9.17, 15) is 4.79 Å². The average molecular weight is 361 g/mol. The maximum Gasteiger partial charge on any atom is 0.261 e. The van der Waals surface area contributed by atoms with Crippen LogP contribution >= 0.6 is 22.9 Å². The third-order valence-corrected chi connectivity index (χ3v) is 4.99. The number of hydrogen-bond donors (Lipinski definition) is 1. The number of thiophene rings is 1. The molecule has 0 saturated heterocycles. The van der Waals surface area contributed by atoms with Crippen LogP contribution in [0.2, 0.25) is 4.34 Å². The van der Waals surface area contributed by atoms with Crippen LogP contribution in [0.1, 0.15) is 26.6 Å². The standard InChI is InChI=1S/C17H17ClN4OS/c1-11-13(8-10-20-17(23)14-6-7-15(18)24-14)12(2)22(21-11)16-5-3-4-9-19-16/h3-7,9H,8,10H2,1-2H3,(H,20,23). The Morgan fingerprint density at radius 3 is 2.79 bits per heavy atom. The molecule has 5 nitrogen and oxygen atoms in total. The third-order valence-electron chi connectivity index (χ3n) is 3.77. The molecule has 1 amide bonds. The second-order valence-corrected chi connectivity index (χ2v) is 7.07. The van der Waals surface area contributed by atoms with E-state index in [1.54, 1.807) is 18.3 Å². The molecule has 0 aliphatic carbocycles. The van der Waals surface area contributed by atoms with Gasteiger partial charge in [-0.1, -0.05) is 17.7 Å². The summed E-state index contributed by atoms with van der Waals surface area (Å²) in [5.74, 6) is 0.695. The molecular weight excluding hydrogens is 344 g/mol. The highest BCUT2D eigenvalue weighted by Crippen LogP contribution is 2.21. The van der Waals surface area contributed by atoms with Gasteiger partial charge < -0.3 is 5.32 Å². The largest absolute Gasteiger partial charge is 0.351 e. The maximum atomic E-state index is 12.1. The normalized spacial score (nSPS) is 10.8. The first-order valence-electron chi connectivity index (χ1n) is 7.56. The molecule has 0 aromatic carbocycles. The average Bonchev–Trinajstić information content (AvgIpc) is 3.13. The number of carbonyl (C=O) groups is 1. The number of halogens is 1. The molecule has 0 saturated carbocycles. The monoisotopic (exact) mass is 360 g/mol. The van der Waals surface area contributed by atoms with Gasteiger partial charge in [0.15, 0.2) is 5.82 Å². The van der Waals surface area contributed by atoms with Crippen molar-refractivity contribution in [1.82, 2.24) is 20.1 Å². The number of nitrogens with zero attached hydrogens (tertiary/aromatic N) is 3. The fraction of sp³-hybridized carbons (Fsp3) is 0.235. The first-order valence-corrected chi connectivity index (χ1v) is 8.75. The van der Waals surface area contributed by atoms with Crippen molar-refractivity contribution in [3.05, 3.63) is 62.7 Å². The zero-order chi connectivity index (χ0) is 17.1. The van der Waals surface area contributed by atoms with Crippen molar-refractivity contribution >= 4 is 28.8 Å². The molecule has 0 radical (unpaired) electrons. The van der Waals surface area contributed by atoms with Gasteiger partial charge in [-0.25, -0.2) is 9.67 Å². The number of carbonyl (C=O) groups excluding carboxylic acids is 1. The lowest BCUT2D eigenvalue weighted by molar-refractivity contribution is 0.0958. The van der Waals surface area contributed by atoms with Crippen molar-refractivity contribution in [2.45, 2.75) is 20.3 Å². The lowest BCUT2D eigenvalue weighted by Crippen LogP contribution is -2.25. The van der Waals surface area contributed by atoms with E-state index in [0.29, 0.717) is 15.8 Å². The van der Waals surface area contributed by atoms with Gasteiger partial charge in [0.25, 0.3) is 5.91 Å². The number of aryl methyl sites for hydroxylation is 1. The van der Waals surface area contributed by atoms with Gasteiger partial charge in [0, 0.05) is 18.4 Å². The fourth-order valence-corrected chi connectivity index (χ4v) is 3.52. The van der Waals surface area contributed by atoms with Crippen molar-refractivity contribution in [2.75, 3.05) is 6.54 Å². The molecule has 0 fully saturated rings. The summed E-state index contributed by atoms with van der Waals surface area (Å²) in [5.41, 5.74) is 3.12. The van der Waals surface area contributed by atoms with Crippen molar-refractivity contribution in [3.63, 3.8) is 0 Å². The molecule has 7 heteroatoms. The number of hydrogen-bond acceptors (Lipinski definition) is 4. The van der Waals surface area contributed by atoms with Gasteiger partial charge in [-0.05, 0) is 50.1 Å². The summed E-state index contributed by atoms with van der Waals surface area (Å²) in [5, 5.41) is 7.49. The Balaban J connectivity index is 1.68. The minimum Gasteiger partial charge on any atom is -0.351 e. The molecule has 0 aliphatic rings. The summed E-state index contributed by atoms with van der Waals surface area (Å²) in [6.07, 6.45) is 2.47. The summed E-state index contributed by atoms with van der Waals surface area (Å²) < 4.78 is 2.45. The highest BCUT2D eigenvalue weighted by molar-refractivity contribution is 7.17. The summed E-state index contributed by atoms with van der Waals surface area (Å²) >= 11 is 7.14. The molecule has 3 aromatic heterocycles. The minimum atomic E-state index is -0.0978. The van der Waals surface area contributed by atoms with E-state index in [1.165, 1.54) is 11.3 Å². The zero-order valence-electron chi connectivity index (χ0n) is 13.4. The lowest BCUT2D eigenvalue weighted by Gasteiger charge is -2.06. The fourth-order valence-electron chi connectivity index (χ4n) is 2.56. The smallest absolute Gasteiger partial charge is 0.261 e. The summed E-state index contributed by atoms with van der Waals surface area (Å²) in [6, 6.07) is 9.20. The van der Waals surface area contributed by atoms with Gasteiger partial charge in [0.1, 0.15) is 0 Å². The molecule has 3 rings (SSSR count). The Labute approximate surface area is 149 Å². The van der Waals surface area contributed by atoms with Crippen molar-refractivity contribution in [1.29, 1.82) is 0 Å². The van der Waals surface area contributed by atoms with Crippen LogP contribution in [0.5, 0.6) is 0 Å². The van der Waals surface area contributed by atoms with Gasteiger partial charge >= 0.3 is 0 Å². The predicted octanol–water partition coefficient (Wildman–Crippen LogP) is 3.57. The van der Waals surface area contributed by atoms with Gasteiger partial charge in [-0.15, -0.1) is 11.3 Å². The number of amides is 1. The second kappa shape index (κ2) is 7.15. The van der Waals surface area contributed by atoms with Gasteiger partial charge in [0.05, 0.1) is 14.9 Å². The molecule has 0 spiro atoms. The SMILES string of the molecule is Cc1nn(-c2ccccn2)c(C)c1CCNC(=O)c1ccc(Cl)s1.